The van der Waals surface area contributed by atoms with Gasteiger partial charge in [0, 0.05) is 4.47 Å². The third kappa shape index (κ3) is 2.69. The fraction of sp³-hybridized carbons (Fsp3) is 0. The van der Waals surface area contributed by atoms with Crippen LogP contribution in [0.15, 0.2) is 34.1 Å². The van der Waals surface area contributed by atoms with E-state index in [0.717, 1.165) is 14.7 Å². The Hall–Kier alpha value is -0.880. The number of aromatic nitrogens is 2. The fourth-order valence-electron chi connectivity index (χ4n) is 1.54. The average Bonchev–Trinajstić information content (AvgIpc) is 2.80. The molecule has 0 saturated carbocycles. The van der Waals surface area contributed by atoms with Gasteiger partial charge in [-0.3, -0.25) is 0 Å². The zero-order valence-corrected chi connectivity index (χ0v) is 13.1. The quantitative estimate of drug-likeness (QED) is 0.550. The van der Waals surface area contributed by atoms with Crippen molar-refractivity contribution in [2.75, 3.05) is 0 Å². The first-order valence-electron chi connectivity index (χ1n) is 5.17. The van der Waals surface area contributed by atoms with Gasteiger partial charge in [0.1, 0.15) is 10.6 Å². The molecule has 0 fully saturated rings. The summed E-state index contributed by atoms with van der Waals surface area (Å²) in [6.07, 6.45) is 0. The molecule has 0 aliphatic rings. The molecule has 0 aliphatic heterocycles. The minimum absolute atomic E-state index is 0.151. The zero-order chi connectivity index (χ0) is 13.4. The molecule has 3 aromatic rings. The molecule has 0 radical (unpaired) electrons. The number of ether oxygens (including phenoxy) is 1. The van der Waals surface area contributed by atoms with E-state index in [4.69, 9.17) is 27.9 Å². The van der Waals surface area contributed by atoms with E-state index in [1.54, 1.807) is 12.1 Å². The molecule has 0 saturated heterocycles. The van der Waals surface area contributed by atoms with E-state index in [-0.39, 0.29) is 5.28 Å². The smallest absolute Gasteiger partial charge is 0.232 e. The lowest BCUT2D eigenvalue weighted by atomic mass is 10.3. The molecule has 2 heterocycles. The van der Waals surface area contributed by atoms with Crippen molar-refractivity contribution in [1.29, 1.82) is 0 Å². The van der Waals surface area contributed by atoms with Crippen molar-refractivity contribution < 1.29 is 4.74 Å². The Balaban J connectivity index is 2.07. The summed E-state index contributed by atoms with van der Waals surface area (Å²) in [5, 5.41) is 3.37. The molecule has 0 aliphatic carbocycles. The van der Waals surface area contributed by atoms with Crippen LogP contribution >= 0.6 is 50.5 Å². The van der Waals surface area contributed by atoms with Crippen LogP contribution in [0.5, 0.6) is 11.6 Å². The van der Waals surface area contributed by atoms with Crippen LogP contribution < -0.4 is 4.74 Å². The molecule has 2 aromatic heterocycles. The Bertz CT molecular complexity index is 763. The second kappa shape index (κ2) is 5.25. The van der Waals surface area contributed by atoms with Crippen LogP contribution in [-0.4, -0.2) is 9.97 Å². The normalized spacial score (nSPS) is 10.9. The first-order chi connectivity index (χ1) is 9.13. The lowest BCUT2D eigenvalue weighted by Crippen LogP contribution is -1.91. The summed E-state index contributed by atoms with van der Waals surface area (Å²) in [4.78, 5) is 9.01. The van der Waals surface area contributed by atoms with Gasteiger partial charge in [-0.15, -0.1) is 11.3 Å². The number of benzene rings is 1. The maximum Gasteiger partial charge on any atom is 0.232 e. The molecule has 0 amide bonds. The van der Waals surface area contributed by atoms with Gasteiger partial charge in [0.2, 0.25) is 11.2 Å². The van der Waals surface area contributed by atoms with Crippen molar-refractivity contribution in [3.8, 4) is 11.6 Å². The molecule has 0 atom stereocenters. The maximum absolute atomic E-state index is 6.12. The van der Waals surface area contributed by atoms with E-state index < -0.39 is 0 Å². The lowest BCUT2D eigenvalue weighted by molar-refractivity contribution is 0.468. The Morgan fingerprint density at radius 1 is 1.16 bits per heavy atom. The van der Waals surface area contributed by atoms with Crippen molar-refractivity contribution in [2.24, 2.45) is 0 Å². The SMILES string of the molecule is Clc1nc(Oc2ccc(Br)cc2Cl)c2ccsc2n1. The third-order valence-corrected chi connectivity index (χ3v) is 4.13. The summed E-state index contributed by atoms with van der Waals surface area (Å²) < 4.78 is 6.62. The van der Waals surface area contributed by atoms with Gasteiger partial charge in [-0.1, -0.05) is 27.5 Å². The molecule has 1 aromatic carbocycles. The molecule has 0 bridgehead atoms. The van der Waals surface area contributed by atoms with Crippen molar-refractivity contribution in [2.45, 2.75) is 0 Å². The van der Waals surface area contributed by atoms with Gasteiger partial charge in [0.05, 0.1) is 10.4 Å². The van der Waals surface area contributed by atoms with Crippen LogP contribution in [0.25, 0.3) is 10.2 Å². The zero-order valence-electron chi connectivity index (χ0n) is 9.23. The second-order valence-electron chi connectivity index (χ2n) is 3.61. The van der Waals surface area contributed by atoms with Crippen LogP contribution in [0.4, 0.5) is 0 Å². The third-order valence-electron chi connectivity index (χ3n) is 2.36. The van der Waals surface area contributed by atoms with Crippen molar-refractivity contribution >= 4 is 60.7 Å². The summed E-state index contributed by atoms with van der Waals surface area (Å²) in [7, 11) is 0. The first-order valence-corrected chi connectivity index (χ1v) is 7.60. The van der Waals surface area contributed by atoms with E-state index >= 15 is 0 Å². The fourth-order valence-corrected chi connectivity index (χ4v) is 3.22. The van der Waals surface area contributed by atoms with Crippen molar-refractivity contribution in [1.82, 2.24) is 9.97 Å². The minimum Gasteiger partial charge on any atom is -0.437 e. The minimum atomic E-state index is 0.151. The number of halogens is 3. The number of rotatable bonds is 2. The Morgan fingerprint density at radius 3 is 2.79 bits per heavy atom. The predicted octanol–water partition coefficient (Wildman–Crippen LogP) is 5.55. The van der Waals surface area contributed by atoms with Gasteiger partial charge in [-0.2, -0.15) is 4.98 Å². The molecule has 3 rings (SSSR count). The van der Waals surface area contributed by atoms with Crippen molar-refractivity contribution in [3.05, 3.63) is 44.4 Å². The number of hydrogen-bond donors (Lipinski definition) is 0. The van der Waals surface area contributed by atoms with Gasteiger partial charge in [0.25, 0.3) is 0 Å². The molecule has 19 heavy (non-hydrogen) atoms. The monoisotopic (exact) mass is 374 g/mol. The summed E-state index contributed by atoms with van der Waals surface area (Å²) in [6, 6.07) is 7.25. The lowest BCUT2D eigenvalue weighted by Gasteiger charge is -2.08. The van der Waals surface area contributed by atoms with Gasteiger partial charge >= 0.3 is 0 Å². The average molecular weight is 376 g/mol. The number of thiophene rings is 1. The maximum atomic E-state index is 6.12. The molecule has 3 nitrogen and oxygen atoms in total. The molecular formula is C12H5BrCl2N2OS. The van der Waals surface area contributed by atoms with Gasteiger partial charge in [0.15, 0.2) is 0 Å². The Kier molecular flexibility index (Phi) is 3.62. The van der Waals surface area contributed by atoms with Gasteiger partial charge in [-0.05, 0) is 41.2 Å². The van der Waals surface area contributed by atoms with Crippen LogP contribution in [0.3, 0.4) is 0 Å². The van der Waals surface area contributed by atoms with Gasteiger partial charge < -0.3 is 4.74 Å². The molecular weight excluding hydrogens is 371 g/mol. The van der Waals surface area contributed by atoms with Gasteiger partial charge in [-0.25, -0.2) is 4.98 Å². The number of nitrogens with zero attached hydrogens (tertiary/aromatic N) is 2. The second-order valence-corrected chi connectivity index (χ2v) is 6.17. The Labute approximate surface area is 131 Å². The number of hydrogen-bond acceptors (Lipinski definition) is 4. The van der Waals surface area contributed by atoms with Crippen LogP contribution in [-0.2, 0) is 0 Å². The largest absolute Gasteiger partial charge is 0.437 e. The number of fused-ring (bicyclic) bond motifs is 1. The highest BCUT2D eigenvalue weighted by atomic mass is 79.9. The summed E-state index contributed by atoms with van der Waals surface area (Å²) in [5.74, 6) is 0.924. The summed E-state index contributed by atoms with van der Waals surface area (Å²) >= 11 is 16.8. The van der Waals surface area contributed by atoms with Crippen LogP contribution in [0.1, 0.15) is 0 Å². The molecule has 96 valence electrons. The highest BCUT2D eigenvalue weighted by molar-refractivity contribution is 9.10. The van der Waals surface area contributed by atoms with Crippen molar-refractivity contribution in [3.63, 3.8) is 0 Å². The molecule has 7 heteroatoms. The van der Waals surface area contributed by atoms with E-state index in [9.17, 15) is 0 Å². The summed E-state index contributed by atoms with van der Waals surface area (Å²) in [5.41, 5.74) is 0. The highest BCUT2D eigenvalue weighted by Crippen LogP contribution is 2.35. The molecule has 0 N–H and O–H groups in total. The predicted molar refractivity (Wildman–Crippen MR) is 81.7 cm³/mol. The highest BCUT2D eigenvalue weighted by Gasteiger charge is 2.12. The van der Waals surface area contributed by atoms with E-state index in [1.807, 2.05) is 17.5 Å². The standard InChI is InChI=1S/C12H5BrCl2N2OS/c13-6-1-2-9(8(14)5-6)18-10-7-3-4-19-11(7)17-12(15)16-10/h1-5H. The van der Waals surface area contributed by atoms with E-state index in [1.165, 1.54) is 11.3 Å². The van der Waals surface area contributed by atoms with E-state index in [2.05, 4.69) is 25.9 Å². The van der Waals surface area contributed by atoms with Crippen LogP contribution in [0.2, 0.25) is 10.3 Å². The first kappa shape index (κ1) is 13.1. The topological polar surface area (TPSA) is 35.0 Å². The van der Waals surface area contributed by atoms with Crippen LogP contribution in [0, 0.1) is 0 Å². The molecule has 0 unspecified atom stereocenters. The summed E-state index contributed by atoms with van der Waals surface area (Å²) in [6.45, 7) is 0. The Morgan fingerprint density at radius 2 is 2.00 bits per heavy atom. The van der Waals surface area contributed by atoms with E-state index in [0.29, 0.717) is 16.7 Å². The molecule has 0 spiro atoms.